The molecule has 0 radical (unpaired) electrons. The number of hydrogen-bond acceptors (Lipinski definition) is 3. The number of azo groups is 1. The minimum atomic E-state index is -0.395. The van der Waals surface area contributed by atoms with E-state index in [1.807, 2.05) is 0 Å². The summed E-state index contributed by atoms with van der Waals surface area (Å²) < 4.78 is 14.9. The van der Waals surface area contributed by atoms with Gasteiger partial charge in [-0.2, -0.15) is 0 Å². The Morgan fingerprint density at radius 2 is 1.77 bits per heavy atom. The van der Waals surface area contributed by atoms with Crippen LogP contribution in [0.2, 0.25) is 15.1 Å². The van der Waals surface area contributed by atoms with Crippen LogP contribution in [0.3, 0.4) is 0 Å². The summed E-state index contributed by atoms with van der Waals surface area (Å²) >= 11 is 17.8. The highest BCUT2D eigenvalue weighted by atomic mass is 35.5. The van der Waals surface area contributed by atoms with Gasteiger partial charge in [-0.15, -0.1) is 10.2 Å². The molecule has 0 spiro atoms. The molecule has 0 aliphatic heterocycles. The van der Waals surface area contributed by atoms with Crippen molar-refractivity contribution in [3.8, 4) is 0 Å². The van der Waals surface area contributed by atoms with Crippen molar-refractivity contribution >= 4 is 52.0 Å². The molecule has 0 saturated heterocycles. The quantitative estimate of drug-likeness (QED) is 0.400. The first-order valence-corrected chi connectivity index (χ1v) is 7.29. The number of aryl methyl sites for hydroxylation is 1. The lowest BCUT2D eigenvalue weighted by atomic mass is 10.3. The summed E-state index contributed by atoms with van der Waals surface area (Å²) in [5.41, 5.74) is 1.56. The van der Waals surface area contributed by atoms with E-state index >= 15 is 0 Å². The van der Waals surface area contributed by atoms with Gasteiger partial charge in [0.1, 0.15) is 17.2 Å². The lowest BCUT2D eigenvalue weighted by molar-refractivity contribution is 0.619. The van der Waals surface area contributed by atoms with Gasteiger partial charge in [0.25, 0.3) is 0 Å². The normalized spacial score (nSPS) is 11.7. The molecule has 3 rings (SSSR count). The van der Waals surface area contributed by atoms with Crippen LogP contribution in [0.15, 0.2) is 40.7 Å². The number of hydrogen-bond donors (Lipinski definition) is 0. The summed E-state index contributed by atoms with van der Waals surface area (Å²) in [5.74, 6) is 0.0190. The van der Waals surface area contributed by atoms with Crippen molar-refractivity contribution < 1.29 is 4.39 Å². The lowest BCUT2D eigenvalue weighted by Crippen LogP contribution is -1.85. The number of imidazole rings is 1. The Morgan fingerprint density at radius 1 is 1.05 bits per heavy atom. The van der Waals surface area contributed by atoms with Gasteiger partial charge >= 0.3 is 0 Å². The molecule has 0 aliphatic carbocycles. The fraction of sp³-hybridized carbons (Fsp3) is 0.0714. The van der Waals surface area contributed by atoms with Crippen LogP contribution in [-0.4, -0.2) is 9.38 Å². The molecule has 0 bridgehead atoms. The largest absolute Gasteiger partial charge is 0.280 e. The van der Waals surface area contributed by atoms with E-state index in [2.05, 4.69) is 15.2 Å². The third-order valence-electron chi connectivity index (χ3n) is 2.97. The van der Waals surface area contributed by atoms with Gasteiger partial charge in [0.05, 0.1) is 20.8 Å². The van der Waals surface area contributed by atoms with Crippen molar-refractivity contribution in [1.29, 1.82) is 0 Å². The molecule has 1 aromatic carbocycles. The topological polar surface area (TPSA) is 42.0 Å². The van der Waals surface area contributed by atoms with Crippen molar-refractivity contribution in [2.45, 2.75) is 6.92 Å². The van der Waals surface area contributed by atoms with Gasteiger partial charge in [-0.25, -0.2) is 9.37 Å². The second-order valence-corrected chi connectivity index (χ2v) is 5.74. The third kappa shape index (κ3) is 2.79. The Bertz CT molecular complexity index is 905. The predicted molar refractivity (Wildman–Crippen MR) is 85.5 cm³/mol. The van der Waals surface area contributed by atoms with E-state index in [0.29, 0.717) is 37.9 Å². The second kappa shape index (κ2) is 5.83. The van der Waals surface area contributed by atoms with Gasteiger partial charge in [-0.05, 0) is 31.2 Å². The fourth-order valence-corrected chi connectivity index (χ4v) is 2.51. The molecule has 4 nitrogen and oxygen atoms in total. The zero-order valence-corrected chi connectivity index (χ0v) is 13.5. The van der Waals surface area contributed by atoms with E-state index < -0.39 is 5.82 Å². The van der Waals surface area contributed by atoms with Gasteiger partial charge in [-0.3, -0.25) is 4.40 Å². The van der Waals surface area contributed by atoms with Gasteiger partial charge in [0, 0.05) is 6.20 Å². The maximum absolute atomic E-state index is 13.4. The summed E-state index contributed by atoms with van der Waals surface area (Å²) in [5, 5.41) is 9.13. The van der Waals surface area contributed by atoms with Crippen LogP contribution in [0.4, 0.5) is 15.9 Å². The Labute approximate surface area is 140 Å². The van der Waals surface area contributed by atoms with Crippen molar-refractivity contribution in [3.05, 3.63) is 57.0 Å². The lowest BCUT2D eigenvalue weighted by Gasteiger charge is -2.01. The third-order valence-corrected chi connectivity index (χ3v) is 3.99. The summed E-state index contributed by atoms with van der Waals surface area (Å²) in [7, 11) is 0. The fourth-order valence-electron chi connectivity index (χ4n) is 1.93. The molecule has 0 fully saturated rings. The van der Waals surface area contributed by atoms with Gasteiger partial charge in [-0.1, -0.05) is 34.8 Å². The number of aromatic nitrogens is 2. The molecule has 8 heteroatoms. The van der Waals surface area contributed by atoms with Crippen LogP contribution >= 0.6 is 34.8 Å². The van der Waals surface area contributed by atoms with E-state index in [1.165, 1.54) is 28.8 Å². The first-order valence-electron chi connectivity index (χ1n) is 6.16. The predicted octanol–water partition coefficient (Wildman–Crippen LogP) is 6.16. The average Bonchev–Trinajstić information content (AvgIpc) is 2.77. The molecule has 0 atom stereocenters. The molecule has 0 N–H and O–H groups in total. The number of halogens is 4. The molecular formula is C14H8Cl3FN4. The highest BCUT2D eigenvalue weighted by Crippen LogP contribution is 2.35. The molecule has 22 heavy (non-hydrogen) atoms. The minimum absolute atomic E-state index is 0.316. The summed E-state index contributed by atoms with van der Waals surface area (Å²) in [6.07, 6.45) is 1.29. The summed E-state index contributed by atoms with van der Waals surface area (Å²) in [6.45, 7) is 1.76. The van der Waals surface area contributed by atoms with Gasteiger partial charge in [0.15, 0.2) is 5.82 Å². The van der Waals surface area contributed by atoms with Gasteiger partial charge in [0.2, 0.25) is 0 Å². The van der Waals surface area contributed by atoms with Gasteiger partial charge < -0.3 is 0 Å². The molecule has 112 valence electrons. The molecule has 3 aromatic rings. The van der Waals surface area contributed by atoms with Crippen LogP contribution in [-0.2, 0) is 0 Å². The van der Waals surface area contributed by atoms with Crippen LogP contribution in [0.5, 0.6) is 0 Å². The SMILES string of the molecule is Cc1nc2ccc(F)cn2c1N=Nc1cc(Cl)c(Cl)cc1Cl. The molecule has 2 heterocycles. The number of rotatable bonds is 2. The minimum Gasteiger partial charge on any atom is -0.280 e. The molecular weight excluding hydrogens is 350 g/mol. The molecule has 0 aliphatic rings. The molecule has 0 amide bonds. The van der Waals surface area contributed by atoms with Crippen molar-refractivity contribution in [2.24, 2.45) is 10.2 Å². The Kier molecular flexibility index (Phi) is 4.04. The molecule has 2 aromatic heterocycles. The summed E-state index contributed by atoms with van der Waals surface area (Å²) in [4.78, 5) is 4.28. The average molecular weight is 358 g/mol. The highest BCUT2D eigenvalue weighted by Gasteiger charge is 2.10. The van der Waals surface area contributed by atoms with E-state index in [1.54, 1.807) is 13.0 Å². The first-order chi connectivity index (χ1) is 10.5. The van der Waals surface area contributed by atoms with E-state index in [0.717, 1.165) is 0 Å². The van der Waals surface area contributed by atoms with E-state index in [4.69, 9.17) is 34.8 Å². The van der Waals surface area contributed by atoms with Crippen LogP contribution in [0.1, 0.15) is 5.69 Å². The van der Waals surface area contributed by atoms with E-state index in [-0.39, 0.29) is 0 Å². The Balaban J connectivity index is 2.08. The van der Waals surface area contributed by atoms with Crippen molar-refractivity contribution in [2.75, 3.05) is 0 Å². The molecule has 0 unspecified atom stereocenters. The monoisotopic (exact) mass is 356 g/mol. The van der Waals surface area contributed by atoms with Crippen LogP contribution in [0.25, 0.3) is 5.65 Å². The first kappa shape index (κ1) is 15.2. The molecule has 0 saturated carbocycles. The van der Waals surface area contributed by atoms with Crippen molar-refractivity contribution in [1.82, 2.24) is 9.38 Å². The summed E-state index contributed by atoms with van der Waals surface area (Å²) in [6, 6.07) is 5.89. The zero-order chi connectivity index (χ0) is 15.9. The smallest absolute Gasteiger partial charge is 0.182 e. The standard InChI is InChI=1S/C14H8Cl3FN4/c1-7-14(22-6-8(18)2-3-13(22)19-7)21-20-12-5-10(16)9(15)4-11(12)17/h2-6H,1H3. The number of nitrogens with zero attached hydrogens (tertiary/aromatic N) is 4. The number of fused-ring (bicyclic) bond motifs is 1. The maximum atomic E-state index is 13.4. The van der Waals surface area contributed by atoms with Crippen LogP contribution < -0.4 is 0 Å². The highest BCUT2D eigenvalue weighted by molar-refractivity contribution is 6.43. The van der Waals surface area contributed by atoms with Crippen molar-refractivity contribution in [3.63, 3.8) is 0 Å². The number of benzene rings is 1. The Morgan fingerprint density at radius 3 is 2.55 bits per heavy atom. The van der Waals surface area contributed by atoms with Crippen LogP contribution in [0, 0.1) is 12.7 Å². The Hall–Kier alpha value is -1.69. The van der Waals surface area contributed by atoms with E-state index in [9.17, 15) is 4.39 Å². The second-order valence-electron chi connectivity index (χ2n) is 4.51. The maximum Gasteiger partial charge on any atom is 0.182 e. The zero-order valence-electron chi connectivity index (χ0n) is 11.2. The number of pyridine rings is 1.